The van der Waals surface area contributed by atoms with Crippen molar-refractivity contribution in [2.75, 3.05) is 6.61 Å². The van der Waals surface area contributed by atoms with Crippen molar-refractivity contribution in [2.45, 2.75) is 20.4 Å². The van der Waals surface area contributed by atoms with Crippen LogP contribution >= 0.6 is 12.4 Å². The van der Waals surface area contributed by atoms with Crippen LogP contribution in [0.5, 0.6) is 0 Å². The van der Waals surface area contributed by atoms with Crippen LogP contribution < -0.4 is 5.73 Å². The van der Waals surface area contributed by atoms with Gasteiger partial charge in [-0.1, -0.05) is 26.0 Å². The maximum atomic E-state index is 11.5. The number of hydrogen-bond donors (Lipinski definition) is 1. The van der Waals surface area contributed by atoms with Crippen molar-refractivity contribution >= 4 is 18.4 Å². The second kappa shape index (κ2) is 7.25. The number of esters is 1. The second-order valence-electron chi connectivity index (χ2n) is 3.89. The SMILES string of the molecule is CC(C)COC(=O)c1ccc(CN)cc1.Cl. The lowest BCUT2D eigenvalue weighted by Gasteiger charge is -2.07. The topological polar surface area (TPSA) is 52.3 Å². The number of rotatable bonds is 4. The van der Waals surface area contributed by atoms with Crippen LogP contribution in [0, 0.1) is 5.92 Å². The molecular weight excluding hydrogens is 226 g/mol. The van der Waals surface area contributed by atoms with Gasteiger partial charge < -0.3 is 10.5 Å². The van der Waals surface area contributed by atoms with Gasteiger partial charge in [0.2, 0.25) is 0 Å². The first-order valence-electron chi connectivity index (χ1n) is 5.09. The lowest BCUT2D eigenvalue weighted by molar-refractivity contribution is 0.0459. The lowest BCUT2D eigenvalue weighted by atomic mass is 10.1. The normalized spacial score (nSPS) is 9.75. The summed E-state index contributed by atoms with van der Waals surface area (Å²) in [4.78, 5) is 11.5. The molecule has 0 bridgehead atoms. The van der Waals surface area contributed by atoms with Crippen LogP contribution in [0.15, 0.2) is 24.3 Å². The number of hydrogen-bond acceptors (Lipinski definition) is 3. The van der Waals surface area contributed by atoms with Crippen LogP contribution in [0.2, 0.25) is 0 Å². The van der Waals surface area contributed by atoms with Crippen LogP contribution in [0.4, 0.5) is 0 Å². The van der Waals surface area contributed by atoms with Crippen LogP contribution in [0.25, 0.3) is 0 Å². The summed E-state index contributed by atoms with van der Waals surface area (Å²) in [6.45, 7) is 4.95. The smallest absolute Gasteiger partial charge is 0.338 e. The number of halogens is 1. The number of nitrogens with two attached hydrogens (primary N) is 1. The summed E-state index contributed by atoms with van der Waals surface area (Å²) in [5, 5.41) is 0. The summed E-state index contributed by atoms with van der Waals surface area (Å²) < 4.78 is 5.09. The van der Waals surface area contributed by atoms with Crippen LogP contribution in [-0.2, 0) is 11.3 Å². The van der Waals surface area contributed by atoms with Gasteiger partial charge in [0, 0.05) is 6.54 Å². The van der Waals surface area contributed by atoms with E-state index in [0.717, 1.165) is 5.56 Å². The highest BCUT2D eigenvalue weighted by Crippen LogP contribution is 2.06. The molecule has 0 heterocycles. The Balaban J connectivity index is 0.00000225. The molecule has 16 heavy (non-hydrogen) atoms. The van der Waals surface area contributed by atoms with E-state index in [0.29, 0.717) is 24.6 Å². The zero-order valence-electron chi connectivity index (χ0n) is 9.60. The number of benzene rings is 1. The maximum absolute atomic E-state index is 11.5. The molecule has 0 aromatic heterocycles. The molecule has 1 aromatic carbocycles. The van der Waals surface area contributed by atoms with E-state index < -0.39 is 0 Å². The molecule has 1 rings (SSSR count). The zero-order valence-corrected chi connectivity index (χ0v) is 10.4. The fourth-order valence-corrected chi connectivity index (χ4v) is 1.10. The highest BCUT2D eigenvalue weighted by molar-refractivity contribution is 5.89. The Morgan fingerprint density at radius 3 is 2.31 bits per heavy atom. The fraction of sp³-hybridized carbons (Fsp3) is 0.417. The molecule has 4 heteroatoms. The summed E-state index contributed by atoms with van der Waals surface area (Å²) in [6.07, 6.45) is 0. The summed E-state index contributed by atoms with van der Waals surface area (Å²) in [6, 6.07) is 7.16. The van der Waals surface area contributed by atoms with Crippen molar-refractivity contribution < 1.29 is 9.53 Å². The minimum atomic E-state index is -0.271. The van der Waals surface area contributed by atoms with E-state index in [4.69, 9.17) is 10.5 Å². The quantitative estimate of drug-likeness (QED) is 0.827. The summed E-state index contributed by atoms with van der Waals surface area (Å²) in [5.41, 5.74) is 7.04. The highest BCUT2D eigenvalue weighted by atomic mass is 35.5. The Morgan fingerprint density at radius 2 is 1.88 bits per heavy atom. The molecule has 2 N–H and O–H groups in total. The van der Waals surface area contributed by atoms with E-state index >= 15 is 0 Å². The van der Waals surface area contributed by atoms with Crippen molar-refractivity contribution in [2.24, 2.45) is 11.7 Å². The van der Waals surface area contributed by atoms with E-state index in [1.807, 2.05) is 26.0 Å². The Morgan fingerprint density at radius 1 is 1.31 bits per heavy atom. The van der Waals surface area contributed by atoms with Gasteiger partial charge in [0.1, 0.15) is 0 Å². The first-order chi connectivity index (χ1) is 7.13. The van der Waals surface area contributed by atoms with Crippen molar-refractivity contribution in [1.82, 2.24) is 0 Å². The molecule has 0 saturated carbocycles. The third kappa shape index (κ3) is 4.64. The average Bonchev–Trinajstić information content (AvgIpc) is 2.26. The molecule has 0 spiro atoms. The molecule has 1 aromatic rings. The molecule has 0 unspecified atom stereocenters. The summed E-state index contributed by atoms with van der Waals surface area (Å²) in [5.74, 6) is 0.0875. The van der Waals surface area contributed by atoms with Crippen molar-refractivity contribution in [3.8, 4) is 0 Å². The lowest BCUT2D eigenvalue weighted by Crippen LogP contribution is -2.10. The van der Waals surface area contributed by atoms with Gasteiger partial charge in [0.25, 0.3) is 0 Å². The molecule has 0 fully saturated rings. The summed E-state index contributed by atoms with van der Waals surface area (Å²) >= 11 is 0. The molecule has 3 nitrogen and oxygen atoms in total. The van der Waals surface area contributed by atoms with Crippen LogP contribution in [0.3, 0.4) is 0 Å². The van der Waals surface area contributed by atoms with Gasteiger partial charge in [-0.25, -0.2) is 4.79 Å². The minimum absolute atomic E-state index is 0. The standard InChI is InChI=1S/C12H17NO2.ClH/c1-9(2)8-15-12(14)11-5-3-10(7-13)4-6-11;/h3-6,9H,7-8,13H2,1-2H3;1H. The number of carbonyl (C=O) groups excluding carboxylic acids is 1. The molecule has 0 amide bonds. The van der Waals surface area contributed by atoms with E-state index in [2.05, 4.69) is 0 Å². The fourth-order valence-electron chi connectivity index (χ4n) is 1.10. The average molecular weight is 244 g/mol. The van der Waals surface area contributed by atoms with Gasteiger partial charge in [0.05, 0.1) is 12.2 Å². The minimum Gasteiger partial charge on any atom is -0.462 e. The third-order valence-electron chi connectivity index (χ3n) is 1.97. The first kappa shape index (κ1) is 14.9. The van der Waals surface area contributed by atoms with Gasteiger partial charge >= 0.3 is 5.97 Å². The van der Waals surface area contributed by atoms with E-state index in [9.17, 15) is 4.79 Å². The highest BCUT2D eigenvalue weighted by Gasteiger charge is 2.07. The monoisotopic (exact) mass is 243 g/mol. The second-order valence-corrected chi connectivity index (χ2v) is 3.89. The van der Waals surface area contributed by atoms with Crippen LogP contribution in [0.1, 0.15) is 29.8 Å². The molecule has 0 radical (unpaired) electrons. The Bertz CT molecular complexity index is 322. The molecule has 0 atom stereocenters. The third-order valence-corrected chi connectivity index (χ3v) is 1.97. The van der Waals surface area contributed by atoms with E-state index in [1.54, 1.807) is 12.1 Å². The maximum Gasteiger partial charge on any atom is 0.338 e. The van der Waals surface area contributed by atoms with Gasteiger partial charge in [0.15, 0.2) is 0 Å². The molecule has 0 aliphatic carbocycles. The van der Waals surface area contributed by atoms with E-state index in [-0.39, 0.29) is 18.4 Å². The molecule has 0 aliphatic rings. The largest absolute Gasteiger partial charge is 0.462 e. The zero-order chi connectivity index (χ0) is 11.3. The summed E-state index contributed by atoms with van der Waals surface area (Å²) in [7, 11) is 0. The molecule has 90 valence electrons. The van der Waals surface area contributed by atoms with Crippen molar-refractivity contribution in [1.29, 1.82) is 0 Å². The molecule has 0 saturated heterocycles. The Hall–Kier alpha value is -1.06. The van der Waals surface area contributed by atoms with Crippen molar-refractivity contribution in [3.63, 3.8) is 0 Å². The van der Waals surface area contributed by atoms with Gasteiger partial charge in [-0.2, -0.15) is 0 Å². The predicted octanol–water partition coefficient (Wildman–Crippen LogP) is 2.38. The van der Waals surface area contributed by atoms with Gasteiger partial charge in [-0.05, 0) is 23.6 Å². The van der Waals surface area contributed by atoms with Crippen LogP contribution in [-0.4, -0.2) is 12.6 Å². The Kier molecular flexibility index (Phi) is 6.77. The molecule has 0 aliphatic heterocycles. The van der Waals surface area contributed by atoms with Gasteiger partial charge in [-0.15, -0.1) is 12.4 Å². The predicted molar refractivity (Wildman–Crippen MR) is 66.7 cm³/mol. The number of ether oxygens (including phenoxy) is 1. The van der Waals surface area contributed by atoms with Gasteiger partial charge in [-0.3, -0.25) is 0 Å². The van der Waals surface area contributed by atoms with Crippen molar-refractivity contribution in [3.05, 3.63) is 35.4 Å². The number of carbonyl (C=O) groups is 1. The first-order valence-corrected chi connectivity index (χ1v) is 5.09. The molecular formula is C12H18ClNO2. The van der Waals surface area contributed by atoms with E-state index in [1.165, 1.54) is 0 Å². The Labute approximate surface area is 102 Å².